The van der Waals surface area contributed by atoms with E-state index in [2.05, 4.69) is 0 Å². The van der Waals surface area contributed by atoms with E-state index in [9.17, 15) is 14.7 Å². The number of unbranched alkanes of at least 4 members (excludes halogenated alkanes) is 1. The van der Waals surface area contributed by atoms with Crippen LogP contribution >= 0.6 is 24.0 Å². The van der Waals surface area contributed by atoms with Gasteiger partial charge in [-0.25, -0.2) is 0 Å². The molecule has 23 heavy (non-hydrogen) atoms. The first-order valence-electron chi connectivity index (χ1n) is 7.11. The molecule has 0 spiro atoms. The lowest BCUT2D eigenvalue weighted by molar-refractivity contribution is -0.305. The molecule has 0 radical (unpaired) electrons. The first-order valence-corrected chi connectivity index (χ1v) is 8.33. The van der Waals surface area contributed by atoms with Crippen molar-refractivity contribution in [3.63, 3.8) is 0 Å². The van der Waals surface area contributed by atoms with Gasteiger partial charge in [0.15, 0.2) is 0 Å². The number of nitrogens with zero attached hydrogens (tertiary/aromatic N) is 1. The van der Waals surface area contributed by atoms with Gasteiger partial charge in [-0.3, -0.25) is 9.69 Å². The number of thiocarbonyl (C=S) groups is 1. The summed E-state index contributed by atoms with van der Waals surface area (Å²) < 4.78 is 5.76. The third-order valence-electron chi connectivity index (χ3n) is 3.31. The van der Waals surface area contributed by atoms with E-state index >= 15 is 0 Å². The van der Waals surface area contributed by atoms with Crippen LogP contribution in [0, 0.1) is 0 Å². The summed E-state index contributed by atoms with van der Waals surface area (Å²) in [5.41, 5.74) is 0.812. The number of hydrogen-bond acceptors (Lipinski definition) is 6. The van der Waals surface area contributed by atoms with Crippen LogP contribution in [-0.2, 0) is 9.59 Å². The van der Waals surface area contributed by atoms with Crippen LogP contribution < -0.4 is 9.84 Å². The Morgan fingerprint density at radius 2 is 2.13 bits per heavy atom. The molecule has 0 atom stereocenters. The van der Waals surface area contributed by atoms with E-state index in [1.165, 1.54) is 16.7 Å². The second-order valence-corrected chi connectivity index (χ2v) is 6.58. The molecule has 0 aliphatic carbocycles. The highest BCUT2D eigenvalue weighted by atomic mass is 32.2. The Labute approximate surface area is 144 Å². The number of thioether (sulfide) groups is 1. The second kappa shape index (κ2) is 8.12. The summed E-state index contributed by atoms with van der Waals surface area (Å²) in [6, 6.07) is 7.42. The van der Waals surface area contributed by atoms with Crippen molar-refractivity contribution in [2.75, 3.05) is 13.7 Å². The van der Waals surface area contributed by atoms with Crippen molar-refractivity contribution in [3.8, 4) is 5.75 Å². The van der Waals surface area contributed by atoms with E-state index in [0.717, 1.165) is 5.56 Å². The molecular formula is C16H16NO4S2-. The molecule has 1 amide bonds. The molecule has 0 bridgehead atoms. The van der Waals surface area contributed by atoms with Crippen LogP contribution in [0.4, 0.5) is 0 Å². The second-order valence-electron chi connectivity index (χ2n) is 4.90. The number of amides is 1. The van der Waals surface area contributed by atoms with Crippen molar-refractivity contribution >= 4 is 46.3 Å². The largest absolute Gasteiger partial charge is 0.550 e. The molecule has 1 aromatic rings. The summed E-state index contributed by atoms with van der Waals surface area (Å²) in [4.78, 5) is 24.9. The highest BCUT2D eigenvalue weighted by Crippen LogP contribution is 2.34. The third kappa shape index (κ3) is 4.56. The standard InChI is InChI=1S/C16H17NO4S2/c1-21-12-7-3-2-6-11(12)10-13-15(20)17(16(22)23-13)9-5-4-8-14(18)19/h2-3,6-7,10H,4-5,8-9H2,1H3,(H,18,19)/p-1/b13-10-. The minimum atomic E-state index is -1.08. The fourth-order valence-electron chi connectivity index (χ4n) is 2.16. The Morgan fingerprint density at radius 3 is 2.83 bits per heavy atom. The van der Waals surface area contributed by atoms with Gasteiger partial charge in [-0.2, -0.15) is 0 Å². The van der Waals surface area contributed by atoms with Gasteiger partial charge in [0, 0.05) is 18.1 Å². The topological polar surface area (TPSA) is 69.7 Å². The van der Waals surface area contributed by atoms with Crippen molar-refractivity contribution in [1.82, 2.24) is 4.90 Å². The number of carboxylic acids is 1. The lowest BCUT2D eigenvalue weighted by Crippen LogP contribution is -2.29. The maximum absolute atomic E-state index is 12.4. The third-order valence-corrected chi connectivity index (χ3v) is 4.69. The van der Waals surface area contributed by atoms with E-state index in [0.29, 0.717) is 34.4 Å². The summed E-state index contributed by atoms with van der Waals surface area (Å²) in [5, 5.41) is 10.4. The van der Waals surface area contributed by atoms with E-state index in [-0.39, 0.29) is 12.3 Å². The summed E-state index contributed by atoms with van der Waals surface area (Å²) in [7, 11) is 1.58. The van der Waals surface area contributed by atoms with Crippen molar-refractivity contribution in [2.24, 2.45) is 0 Å². The molecule has 122 valence electrons. The normalized spacial score (nSPS) is 16.2. The minimum absolute atomic E-state index is 0.00809. The quantitative estimate of drug-likeness (QED) is 0.424. The number of aliphatic carboxylic acids is 1. The number of ether oxygens (including phenoxy) is 1. The number of hydrogen-bond donors (Lipinski definition) is 0. The van der Waals surface area contributed by atoms with Crippen LogP contribution in [-0.4, -0.2) is 34.8 Å². The first-order chi connectivity index (χ1) is 11.0. The van der Waals surface area contributed by atoms with Gasteiger partial charge < -0.3 is 14.6 Å². The van der Waals surface area contributed by atoms with Crippen LogP contribution in [0.5, 0.6) is 5.75 Å². The number of carboxylic acid groups (broad SMARTS) is 1. The van der Waals surface area contributed by atoms with Gasteiger partial charge in [0.05, 0.1) is 12.0 Å². The maximum Gasteiger partial charge on any atom is 0.266 e. The summed E-state index contributed by atoms with van der Waals surface area (Å²) >= 11 is 6.49. The average Bonchev–Trinajstić information content (AvgIpc) is 2.79. The zero-order valence-electron chi connectivity index (χ0n) is 12.6. The SMILES string of the molecule is COc1ccccc1/C=C1\SC(=S)N(CCCCC(=O)[O-])C1=O. The minimum Gasteiger partial charge on any atom is -0.550 e. The van der Waals surface area contributed by atoms with Crippen molar-refractivity contribution in [3.05, 3.63) is 34.7 Å². The Kier molecular flexibility index (Phi) is 6.18. The molecule has 0 N–H and O–H groups in total. The smallest absolute Gasteiger partial charge is 0.266 e. The predicted octanol–water partition coefficient (Wildman–Crippen LogP) is 1.82. The number of rotatable bonds is 7. The van der Waals surface area contributed by atoms with Crippen LogP contribution in [0.1, 0.15) is 24.8 Å². The Morgan fingerprint density at radius 1 is 1.39 bits per heavy atom. The summed E-state index contributed by atoms with van der Waals surface area (Å²) in [6.07, 6.45) is 2.79. The summed E-state index contributed by atoms with van der Waals surface area (Å²) in [6.45, 7) is 0.418. The van der Waals surface area contributed by atoms with Gasteiger partial charge >= 0.3 is 0 Å². The van der Waals surface area contributed by atoms with Gasteiger partial charge in [-0.1, -0.05) is 42.2 Å². The molecule has 0 aromatic heterocycles. The molecule has 7 heteroatoms. The number of carbonyl (C=O) groups is 2. The maximum atomic E-state index is 12.4. The van der Waals surface area contributed by atoms with Crippen molar-refractivity contribution in [2.45, 2.75) is 19.3 Å². The lowest BCUT2D eigenvalue weighted by Gasteiger charge is -2.14. The number of para-hydroxylation sites is 1. The highest BCUT2D eigenvalue weighted by Gasteiger charge is 2.31. The highest BCUT2D eigenvalue weighted by molar-refractivity contribution is 8.26. The lowest BCUT2D eigenvalue weighted by atomic mass is 10.2. The zero-order valence-corrected chi connectivity index (χ0v) is 14.2. The molecule has 1 aromatic carbocycles. The van der Waals surface area contributed by atoms with Crippen LogP contribution in [0.15, 0.2) is 29.2 Å². The molecular weight excluding hydrogens is 334 g/mol. The molecule has 1 aliphatic rings. The molecule has 0 unspecified atom stereocenters. The van der Waals surface area contributed by atoms with Crippen LogP contribution in [0.3, 0.4) is 0 Å². The van der Waals surface area contributed by atoms with Gasteiger partial charge in [0.1, 0.15) is 10.1 Å². The molecule has 2 rings (SSSR count). The van der Waals surface area contributed by atoms with E-state index in [4.69, 9.17) is 17.0 Å². The molecule has 0 saturated carbocycles. The van der Waals surface area contributed by atoms with Crippen LogP contribution in [0.2, 0.25) is 0 Å². The summed E-state index contributed by atoms with van der Waals surface area (Å²) in [5.74, 6) is -0.544. The van der Waals surface area contributed by atoms with Crippen molar-refractivity contribution < 1.29 is 19.4 Å². The van der Waals surface area contributed by atoms with Crippen LogP contribution in [0.25, 0.3) is 6.08 Å². The number of carbonyl (C=O) groups excluding carboxylic acids is 2. The van der Waals surface area contributed by atoms with Gasteiger partial charge in [0.25, 0.3) is 5.91 Å². The molecule has 5 nitrogen and oxygen atoms in total. The van der Waals surface area contributed by atoms with Gasteiger partial charge in [-0.15, -0.1) is 0 Å². The Balaban J connectivity index is 2.05. The molecule has 1 heterocycles. The number of benzene rings is 1. The molecule has 1 saturated heterocycles. The Hall–Kier alpha value is -1.86. The van der Waals surface area contributed by atoms with Gasteiger partial charge in [-0.05, 0) is 31.4 Å². The monoisotopic (exact) mass is 350 g/mol. The fraction of sp³-hybridized carbons (Fsp3) is 0.312. The Bertz CT molecular complexity index is 657. The average molecular weight is 350 g/mol. The van der Waals surface area contributed by atoms with E-state index < -0.39 is 5.97 Å². The van der Waals surface area contributed by atoms with Gasteiger partial charge in [0.2, 0.25) is 0 Å². The zero-order chi connectivity index (χ0) is 16.8. The first kappa shape index (κ1) is 17.5. The fourth-order valence-corrected chi connectivity index (χ4v) is 3.46. The predicted molar refractivity (Wildman–Crippen MR) is 91.7 cm³/mol. The number of methoxy groups -OCH3 is 1. The van der Waals surface area contributed by atoms with E-state index in [1.54, 1.807) is 13.2 Å². The molecule has 1 aliphatic heterocycles. The van der Waals surface area contributed by atoms with E-state index in [1.807, 2.05) is 24.3 Å². The molecule has 1 fully saturated rings. The van der Waals surface area contributed by atoms with Crippen molar-refractivity contribution in [1.29, 1.82) is 0 Å².